The summed E-state index contributed by atoms with van der Waals surface area (Å²) >= 11 is 0. The number of benzene rings is 2. The molecule has 0 saturated carbocycles. The zero-order valence-corrected chi connectivity index (χ0v) is 24.4. The third-order valence-corrected chi connectivity index (χ3v) is 9.19. The Morgan fingerprint density at radius 1 is 0.974 bits per heavy atom. The molecule has 1 aromatic heterocycles. The zero-order chi connectivity index (χ0) is 27.3. The Bertz CT molecular complexity index is 1380. The number of piperidine rings is 1. The molecule has 6 rings (SSSR count). The van der Waals surface area contributed by atoms with Gasteiger partial charge in [-0.15, -0.1) is 0 Å². The quantitative estimate of drug-likeness (QED) is 0.420. The van der Waals surface area contributed by atoms with E-state index in [0.717, 1.165) is 69.4 Å². The third kappa shape index (κ3) is 4.82. The van der Waals surface area contributed by atoms with E-state index in [2.05, 4.69) is 80.8 Å². The van der Waals surface area contributed by atoms with Crippen LogP contribution in [0.25, 0.3) is 11.4 Å². The summed E-state index contributed by atoms with van der Waals surface area (Å²) in [6, 6.07) is 13.5. The number of aromatic nitrogens is 2. The van der Waals surface area contributed by atoms with Crippen LogP contribution in [0.4, 0.5) is 11.5 Å². The number of anilines is 2. The molecule has 4 heterocycles. The van der Waals surface area contributed by atoms with Gasteiger partial charge in [-0.3, -0.25) is 0 Å². The van der Waals surface area contributed by atoms with E-state index in [4.69, 9.17) is 19.4 Å². The van der Waals surface area contributed by atoms with Crippen LogP contribution < -0.4 is 9.80 Å². The highest BCUT2D eigenvalue weighted by molar-refractivity contribution is 5.67. The van der Waals surface area contributed by atoms with E-state index in [-0.39, 0.29) is 5.41 Å². The van der Waals surface area contributed by atoms with Gasteiger partial charge in [-0.2, -0.15) is 0 Å². The average Bonchev–Trinajstić information content (AvgIpc) is 2.92. The predicted molar refractivity (Wildman–Crippen MR) is 158 cm³/mol. The lowest BCUT2D eigenvalue weighted by molar-refractivity contribution is -0.0499. The first-order valence-electron chi connectivity index (χ1n) is 14.4. The van der Waals surface area contributed by atoms with E-state index >= 15 is 0 Å². The Hall–Kier alpha value is -2.96. The van der Waals surface area contributed by atoms with Crippen molar-refractivity contribution in [1.82, 2.24) is 9.97 Å². The lowest BCUT2D eigenvalue weighted by Gasteiger charge is -2.41. The van der Waals surface area contributed by atoms with E-state index in [9.17, 15) is 0 Å². The van der Waals surface area contributed by atoms with E-state index in [0.29, 0.717) is 12.0 Å². The fourth-order valence-corrected chi connectivity index (χ4v) is 6.53. The Labute approximate surface area is 233 Å². The zero-order valence-electron chi connectivity index (χ0n) is 24.4. The lowest BCUT2D eigenvalue weighted by atomic mass is 9.80. The molecule has 206 valence electrons. The van der Waals surface area contributed by atoms with Gasteiger partial charge in [0.05, 0.1) is 25.0 Å². The minimum Gasteiger partial charge on any atom is -0.381 e. The molecule has 0 amide bonds. The summed E-state index contributed by atoms with van der Waals surface area (Å²) in [4.78, 5) is 15.6. The summed E-state index contributed by atoms with van der Waals surface area (Å²) in [6.07, 6.45) is 2.23. The third-order valence-electron chi connectivity index (χ3n) is 9.19. The van der Waals surface area contributed by atoms with Gasteiger partial charge < -0.3 is 19.3 Å². The van der Waals surface area contributed by atoms with Gasteiger partial charge in [0.2, 0.25) is 0 Å². The molecular formula is C33H42N4O2. The van der Waals surface area contributed by atoms with Gasteiger partial charge in [-0.1, -0.05) is 43.7 Å². The molecule has 3 aliphatic heterocycles. The highest BCUT2D eigenvalue weighted by atomic mass is 16.5. The van der Waals surface area contributed by atoms with Crippen molar-refractivity contribution in [3.8, 4) is 11.4 Å². The monoisotopic (exact) mass is 526 g/mol. The number of aryl methyl sites for hydroxylation is 3. The molecular weight excluding hydrogens is 484 g/mol. The second-order valence-corrected chi connectivity index (χ2v) is 12.3. The Morgan fingerprint density at radius 2 is 1.77 bits per heavy atom. The lowest BCUT2D eigenvalue weighted by Crippen LogP contribution is -2.45. The fourth-order valence-electron chi connectivity index (χ4n) is 6.53. The molecule has 0 aliphatic carbocycles. The summed E-state index contributed by atoms with van der Waals surface area (Å²) in [5, 5.41) is 0. The predicted octanol–water partition coefficient (Wildman–Crippen LogP) is 5.78. The number of nitrogens with zero attached hydrogens (tertiary/aromatic N) is 4. The summed E-state index contributed by atoms with van der Waals surface area (Å²) in [7, 11) is 1.84. The molecule has 6 heteroatoms. The van der Waals surface area contributed by atoms with Crippen LogP contribution in [0.15, 0.2) is 36.4 Å². The average molecular weight is 527 g/mol. The van der Waals surface area contributed by atoms with Gasteiger partial charge in [0.1, 0.15) is 5.82 Å². The Morgan fingerprint density at radius 3 is 2.49 bits per heavy atom. The molecule has 3 aromatic rings. The van der Waals surface area contributed by atoms with E-state index in [1.165, 1.54) is 39.2 Å². The summed E-state index contributed by atoms with van der Waals surface area (Å²) in [5.74, 6) is 2.41. The molecule has 0 bridgehead atoms. The molecule has 39 heavy (non-hydrogen) atoms. The standard InChI is InChI=1S/C33H42N4O2/c1-21-7-8-22(2)26(15-21)31-34-28-11-13-36(29-16-25(10-9-23(29)3)33(5)19-39-20-33)18-27(28)32(35-31)37-14-12-30(38-6)24(4)17-37/h7-10,15-16,24,30H,11-14,17-20H2,1-6H3/t24-,30-/m0/s1. The summed E-state index contributed by atoms with van der Waals surface area (Å²) in [5.41, 5.74) is 10.2. The minimum atomic E-state index is 0.118. The van der Waals surface area contributed by atoms with Crippen molar-refractivity contribution < 1.29 is 9.47 Å². The fraction of sp³-hybridized carbons (Fsp3) is 0.515. The maximum atomic E-state index is 5.79. The molecule has 0 N–H and O–H groups in total. The van der Waals surface area contributed by atoms with E-state index < -0.39 is 0 Å². The van der Waals surface area contributed by atoms with Gasteiger partial charge in [0, 0.05) is 61.9 Å². The van der Waals surface area contributed by atoms with Crippen molar-refractivity contribution in [2.45, 2.75) is 65.5 Å². The highest BCUT2D eigenvalue weighted by Gasteiger charge is 2.36. The van der Waals surface area contributed by atoms with Gasteiger partial charge in [0.25, 0.3) is 0 Å². The van der Waals surface area contributed by atoms with Crippen LogP contribution in [0.2, 0.25) is 0 Å². The van der Waals surface area contributed by atoms with Crippen molar-refractivity contribution in [2.75, 3.05) is 49.8 Å². The van der Waals surface area contributed by atoms with Crippen LogP contribution >= 0.6 is 0 Å². The van der Waals surface area contributed by atoms with E-state index in [1.807, 2.05) is 7.11 Å². The van der Waals surface area contributed by atoms with Gasteiger partial charge >= 0.3 is 0 Å². The second kappa shape index (κ2) is 10.2. The number of methoxy groups -OCH3 is 1. The molecule has 2 saturated heterocycles. The largest absolute Gasteiger partial charge is 0.381 e. The first kappa shape index (κ1) is 26.3. The number of hydrogen-bond donors (Lipinski definition) is 0. The maximum absolute atomic E-state index is 5.79. The van der Waals surface area contributed by atoms with Crippen molar-refractivity contribution >= 4 is 11.5 Å². The van der Waals surface area contributed by atoms with Crippen LogP contribution in [0.5, 0.6) is 0 Å². The molecule has 2 atom stereocenters. The molecule has 2 fully saturated rings. The number of ether oxygens (including phenoxy) is 2. The van der Waals surface area contributed by atoms with Crippen molar-refractivity contribution in [3.63, 3.8) is 0 Å². The molecule has 0 spiro atoms. The van der Waals surface area contributed by atoms with Crippen LogP contribution in [-0.4, -0.2) is 56.0 Å². The van der Waals surface area contributed by atoms with Crippen LogP contribution in [0.1, 0.15) is 53.8 Å². The minimum absolute atomic E-state index is 0.118. The van der Waals surface area contributed by atoms with Crippen LogP contribution in [-0.2, 0) is 27.9 Å². The highest BCUT2D eigenvalue weighted by Crippen LogP contribution is 2.38. The molecule has 0 unspecified atom stereocenters. The van der Waals surface area contributed by atoms with Gasteiger partial charge in [-0.05, 0) is 61.9 Å². The Balaban J connectivity index is 1.41. The number of hydrogen-bond acceptors (Lipinski definition) is 6. The summed E-state index contributed by atoms with van der Waals surface area (Å²) in [6.45, 7) is 16.4. The van der Waals surface area contributed by atoms with Crippen LogP contribution in [0.3, 0.4) is 0 Å². The first-order valence-corrected chi connectivity index (χ1v) is 14.4. The molecule has 0 radical (unpaired) electrons. The van der Waals surface area contributed by atoms with Gasteiger partial charge in [0.15, 0.2) is 5.82 Å². The normalized spacial score (nSPS) is 22.4. The first-order chi connectivity index (χ1) is 18.8. The van der Waals surface area contributed by atoms with Gasteiger partial charge in [-0.25, -0.2) is 9.97 Å². The second-order valence-electron chi connectivity index (χ2n) is 12.3. The van der Waals surface area contributed by atoms with Crippen molar-refractivity contribution in [2.24, 2.45) is 5.92 Å². The SMILES string of the molecule is CO[C@H]1CCN(c2nc(-c3cc(C)ccc3C)nc3c2CN(c2cc(C4(C)COC4)ccc2C)CC3)C[C@@H]1C. The Kier molecular flexibility index (Phi) is 6.88. The molecule has 2 aromatic carbocycles. The maximum Gasteiger partial charge on any atom is 0.162 e. The topological polar surface area (TPSA) is 50.7 Å². The smallest absolute Gasteiger partial charge is 0.162 e. The number of rotatable bonds is 5. The number of fused-ring (bicyclic) bond motifs is 1. The summed E-state index contributed by atoms with van der Waals surface area (Å²) < 4.78 is 11.4. The van der Waals surface area contributed by atoms with Crippen LogP contribution in [0, 0.1) is 26.7 Å². The molecule has 6 nitrogen and oxygen atoms in total. The van der Waals surface area contributed by atoms with Crippen molar-refractivity contribution in [3.05, 3.63) is 69.9 Å². The van der Waals surface area contributed by atoms with Crippen molar-refractivity contribution in [1.29, 1.82) is 0 Å². The van der Waals surface area contributed by atoms with E-state index in [1.54, 1.807) is 0 Å². The molecule has 3 aliphatic rings.